The molecule has 3 aromatic rings. The highest BCUT2D eigenvalue weighted by Crippen LogP contribution is 2.29. The maximum absolute atomic E-state index is 9.41. The minimum absolute atomic E-state index is 0.0654. The number of anilines is 1. The predicted molar refractivity (Wildman–Crippen MR) is 86.7 cm³/mol. The van der Waals surface area contributed by atoms with Crippen LogP contribution in [0, 0.1) is 0 Å². The highest BCUT2D eigenvalue weighted by molar-refractivity contribution is 5.76. The molecule has 0 bridgehead atoms. The Hall–Kier alpha value is -2.53. The van der Waals surface area contributed by atoms with Crippen molar-refractivity contribution in [3.05, 3.63) is 48.2 Å². The fourth-order valence-electron chi connectivity index (χ4n) is 2.41. The molecular formula is C17H19N3O2. The lowest BCUT2D eigenvalue weighted by Crippen LogP contribution is -1.96. The second kappa shape index (κ2) is 6.07. The Morgan fingerprint density at radius 2 is 2.00 bits per heavy atom. The van der Waals surface area contributed by atoms with Gasteiger partial charge in [-0.15, -0.1) is 0 Å². The number of nitrogens with two attached hydrogens (primary N) is 1. The summed E-state index contributed by atoms with van der Waals surface area (Å²) in [5.41, 5.74) is 9.27. The van der Waals surface area contributed by atoms with Crippen molar-refractivity contribution in [1.82, 2.24) is 9.38 Å². The molecule has 2 heterocycles. The summed E-state index contributed by atoms with van der Waals surface area (Å²) in [4.78, 5) is 4.58. The van der Waals surface area contributed by atoms with Crippen LogP contribution in [0.4, 0.5) is 5.82 Å². The van der Waals surface area contributed by atoms with E-state index in [-0.39, 0.29) is 6.61 Å². The van der Waals surface area contributed by atoms with E-state index in [0.29, 0.717) is 23.8 Å². The van der Waals surface area contributed by atoms with Gasteiger partial charge >= 0.3 is 0 Å². The summed E-state index contributed by atoms with van der Waals surface area (Å²) in [6.07, 6.45) is 2.82. The number of rotatable bonds is 5. The Kier molecular flexibility index (Phi) is 3.98. The fourth-order valence-corrected chi connectivity index (χ4v) is 2.41. The van der Waals surface area contributed by atoms with Crippen LogP contribution < -0.4 is 10.5 Å². The first kappa shape index (κ1) is 14.4. The highest BCUT2D eigenvalue weighted by Gasteiger charge is 2.13. The minimum Gasteiger partial charge on any atom is -0.494 e. The van der Waals surface area contributed by atoms with Crippen molar-refractivity contribution in [3.8, 4) is 17.0 Å². The molecule has 0 atom stereocenters. The SMILES string of the molecule is CCCOc1ccc(-c2nc3c(CO)cccn3c2N)cc1. The number of aromatic nitrogens is 2. The molecule has 0 spiro atoms. The Balaban J connectivity index is 2.01. The number of pyridine rings is 1. The number of nitrogens with zero attached hydrogens (tertiary/aromatic N) is 2. The molecule has 5 nitrogen and oxygen atoms in total. The van der Waals surface area contributed by atoms with Crippen LogP contribution in [0.25, 0.3) is 16.9 Å². The highest BCUT2D eigenvalue weighted by atomic mass is 16.5. The van der Waals surface area contributed by atoms with Gasteiger partial charge in [0.2, 0.25) is 0 Å². The number of fused-ring (bicyclic) bond motifs is 1. The van der Waals surface area contributed by atoms with Gasteiger partial charge in [0.05, 0.1) is 13.2 Å². The number of hydrogen-bond donors (Lipinski definition) is 2. The lowest BCUT2D eigenvalue weighted by Gasteiger charge is -2.05. The quantitative estimate of drug-likeness (QED) is 0.759. The number of benzene rings is 1. The third kappa shape index (κ3) is 2.51. The third-order valence-corrected chi connectivity index (χ3v) is 3.54. The summed E-state index contributed by atoms with van der Waals surface area (Å²) < 4.78 is 7.38. The zero-order valence-corrected chi connectivity index (χ0v) is 12.5. The molecule has 0 unspecified atom stereocenters. The molecule has 5 heteroatoms. The van der Waals surface area contributed by atoms with E-state index in [1.54, 1.807) is 4.40 Å². The Morgan fingerprint density at radius 1 is 1.23 bits per heavy atom. The normalized spacial score (nSPS) is 11.0. The smallest absolute Gasteiger partial charge is 0.144 e. The number of hydrogen-bond acceptors (Lipinski definition) is 4. The van der Waals surface area contributed by atoms with Crippen LogP contribution in [0.2, 0.25) is 0 Å². The van der Waals surface area contributed by atoms with Crippen molar-refractivity contribution < 1.29 is 9.84 Å². The maximum atomic E-state index is 9.41. The van der Waals surface area contributed by atoms with Crippen LogP contribution in [-0.2, 0) is 6.61 Å². The first-order valence-corrected chi connectivity index (χ1v) is 7.34. The molecule has 1 aromatic carbocycles. The van der Waals surface area contributed by atoms with Crippen LogP contribution in [-0.4, -0.2) is 21.1 Å². The molecule has 0 saturated carbocycles. The van der Waals surface area contributed by atoms with E-state index in [2.05, 4.69) is 11.9 Å². The van der Waals surface area contributed by atoms with E-state index < -0.39 is 0 Å². The van der Waals surface area contributed by atoms with Crippen LogP contribution in [0.5, 0.6) is 5.75 Å². The Labute approximate surface area is 129 Å². The van der Waals surface area contributed by atoms with Crippen molar-refractivity contribution in [2.45, 2.75) is 20.0 Å². The maximum Gasteiger partial charge on any atom is 0.144 e. The molecule has 0 radical (unpaired) electrons. The monoisotopic (exact) mass is 297 g/mol. The summed E-state index contributed by atoms with van der Waals surface area (Å²) in [5, 5.41) is 9.41. The van der Waals surface area contributed by atoms with E-state index in [1.165, 1.54) is 0 Å². The van der Waals surface area contributed by atoms with Gasteiger partial charge in [0.25, 0.3) is 0 Å². The number of nitrogen functional groups attached to an aromatic ring is 1. The topological polar surface area (TPSA) is 72.8 Å². The molecule has 0 aliphatic carbocycles. The number of ether oxygens (including phenoxy) is 1. The number of aliphatic hydroxyl groups is 1. The zero-order chi connectivity index (χ0) is 15.5. The number of aliphatic hydroxyl groups excluding tert-OH is 1. The molecule has 0 saturated heterocycles. The molecule has 0 aliphatic rings. The van der Waals surface area contributed by atoms with Gasteiger partial charge in [0, 0.05) is 17.3 Å². The molecular weight excluding hydrogens is 278 g/mol. The fraction of sp³-hybridized carbons (Fsp3) is 0.235. The number of imidazole rings is 1. The van der Waals surface area contributed by atoms with Gasteiger partial charge in [0.15, 0.2) is 0 Å². The third-order valence-electron chi connectivity index (χ3n) is 3.54. The van der Waals surface area contributed by atoms with E-state index in [9.17, 15) is 5.11 Å². The van der Waals surface area contributed by atoms with Crippen LogP contribution in [0.3, 0.4) is 0 Å². The zero-order valence-electron chi connectivity index (χ0n) is 12.5. The molecule has 114 valence electrons. The van der Waals surface area contributed by atoms with Crippen molar-refractivity contribution in [3.63, 3.8) is 0 Å². The van der Waals surface area contributed by atoms with Crippen LogP contribution in [0.1, 0.15) is 18.9 Å². The second-order valence-electron chi connectivity index (χ2n) is 5.10. The summed E-state index contributed by atoms with van der Waals surface area (Å²) in [7, 11) is 0. The Morgan fingerprint density at radius 3 is 2.68 bits per heavy atom. The lowest BCUT2D eigenvalue weighted by atomic mass is 10.1. The summed E-state index contributed by atoms with van der Waals surface area (Å²) in [6.45, 7) is 2.71. The van der Waals surface area contributed by atoms with Crippen molar-refractivity contribution in [2.24, 2.45) is 0 Å². The van der Waals surface area contributed by atoms with Gasteiger partial charge < -0.3 is 15.6 Å². The molecule has 0 aliphatic heterocycles. The van der Waals surface area contributed by atoms with Gasteiger partial charge in [-0.2, -0.15) is 0 Å². The first-order chi connectivity index (χ1) is 10.7. The van der Waals surface area contributed by atoms with E-state index in [1.807, 2.05) is 42.6 Å². The standard InChI is InChI=1S/C17H19N3O2/c1-2-10-22-14-7-5-12(6-8-14)15-16(18)20-9-3-4-13(11-21)17(20)19-15/h3-9,21H,2,10-11,18H2,1H3. The summed E-state index contributed by atoms with van der Waals surface area (Å²) >= 11 is 0. The molecule has 0 fully saturated rings. The minimum atomic E-state index is -0.0654. The van der Waals surface area contributed by atoms with Crippen molar-refractivity contribution in [1.29, 1.82) is 0 Å². The predicted octanol–water partition coefficient (Wildman–Crippen LogP) is 2.86. The average Bonchev–Trinajstić information content (AvgIpc) is 2.90. The molecule has 3 rings (SSSR count). The largest absolute Gasteiger partial charge is 0.494 e. The second-order valence-corrected chi connectivity index (χ2v) is 5.10. The molecule has 0 amide bonds. The van der Waals surface area contributed by atoms with Gasteiger partial charge in [-0.25, -0.2) is 4.98 Å². The molecule has 22 heavy (non-hydrogen) atoms. The first-order valence-electron chi connectivity index (χ1n) is 7.34. The van der Waals surface area contributed by atoms with Gasteiger partial charge in [-0.3, -0.25) is 4.40 Å². The molecule has 2 aromatic heterocycles. The van der Waals surface area contributed by atoms with Crippen molar-refractivity contribution >= 4 is 11.5 Å². The Bertz CT molecular complexity index is 778. The van der Waals surface area contributed by atoms with E-state index in [4.69, 9.17) is 10.5 Å². The molecule has 3 N–H and O–H groups in total. The van der Waals surface area contributed by atoms with Gasteiger partial charge in [-0.05, 0) is 36.8 Å². The van der Waals surface area contributed by atoms with Crippen LogP contribution >= 0.6 is 0 Å². The van der Waals surface area contributed by atoms with Gasteiger partial charge in [0.1, 0.15) is 22.9 Å². The van der Waals surface area contributed by atoms with Crippen LogP contribution in [0.15, 0.2) is 42.6 Å². The van der Waals surface area contributed by atoms with Gasteiger partial charge in [-0.1, -0.05) is 13.0 Å². The average molecular weight is 297 g/mol. The van der Waals surface area contributed by atoms with Crippen molar-refractivity contribution in [2.75, 3.05) is 12.3 Å². The summed E-state index contributed by atoms with van der Waals surface area (Å²) in [6, 6.07) is 11.4. The van der Waals surface area contributed by atoms with E-state index in [0.717, 1.165) is 23.3 Å². The summed E-state index contributed by atoms with van der Waals surface area (Å²) in [5.74, 6) is 1.40. The lowest BCUT2D eigenvalue weighted by molar-refractivity contribution is 0.282. The van der Waals surface area contributed by atoms with E-state index >= 15 is 0 Å².